The summed E-state index contributed by atoms with van der Waals surface area (Å²) in [6, 6.07) is 5.21. The number of H-pyrrole nitrogens is 1. The topological polar surface area (TPSA) is 59.2 Å². The lowest BCUT2D eigenvalue weighted by Crippen LogP contribution is -2.08. The van der Waals surface area contributed by atoms with Crippen LogP contribution in [0.3, 0.4) is 0 Å². The number of hydrogen-bond donors (Lipinski definition) is 1. The highest BCUT2D eigenvalue weighted by molar-refractivity contribution is 7.11. The average Bonchev–Trinajstić information content (AvgIpc) is 2.72. The average molecular weight is 332 g/mol. The van der Waals surface area contributed by atoms with Gasteiger partial charge >= 0.3 is 10.8 Å². The number of aromatic nitrogens is 1. The summed E-state index contributed by atoms with van der Waals surface area (Å²) >= 11 is 12.9. The second kappa shape index (κ2) is 6.43. The molecule has 1 heterocycles. The number of aryl methyl sites for hydroxylation is 1. The third kappa shape index (κ3) is 3.42. The van der Waals surface area contributed by atoms with Gasteiger partial charge in [-0.1, -0.05) is 40.6 Å². The van der Waals surface area contributed by atoms with Crippen LogP contribution in [0.25, 0.3) is 0 Å². The van der Waals surface area contributed by atoms with Gasteiger partial charge in [-0.25, -0.2) is 4.79 Å². The van der Waals surface area contributed by atoms with E-state index >= 15 is 0 Å². The molecule has 0 aliphatic heterocycles. The van der Waals surface area contributed by atoms with E-state index in [1.54, 1.807) is 25.1 Å². The van der Waals surface area contributed by atoms with Crippen molar-refractivity contribution in [1.82, 2.24) is 4.98 Å². The predicted molar refractivity (Wildman–Crippen MR) is 80.1 cm³/mol. The van der Waals surface area contributed by atoms with Crippen LogP contribution in [0.1, 0.15) is 20.9 Å². The van der Waals surface area contributed by atoms with E-state index in [0.29, 0.717) is 27.0 Å². The van der Waals surface area contributed by atoms with Crippen molar-refractivity contribution in [3.8, 4) is 0 Å². The molecule has 0 saturated carbocycles. The van der Waals surface area contributed by atoms with Crippen LogP contribution in [0.4, 0.5) is 0 Å². The molecule has 0 aliphatic carbocycles. The van der Waals surface area contributed by atoms with Crippen molar-refractivity contribution < 1.29 is 9.53 Å². The van der Waals surface area contributed by atoms with E-state index in [0.717, 1.165) is 16.9 Å². The molecule has 0 aliphatic rings. The predicted octanol–water partition coefficient (Wildman–Crippen LogP) is 3.45. The zero-order valence-corrected chi connectivity index (χ0v) is 12.9. The van der Waals surface area contributed by atoms with Gasteiger partial charge in [-0.3, -0.25) is 4.79 Å². The second-order valence-electron chi connectivity index (χ2n) is 4.05. The number of nitrogens with one attached hydrogen (secondary N) is 1. The Morgan fingerprint density at radius 1 is 1.35 bits per heavy atom. The van der Waals surface area contributed by atoms with Crippen molar-refractivity contribution >= 4 is 40.5 Å². The van der Waals surface area contributed by atoms with Crippen LogP contribution in [0.2, 0.25) is 10.0 Å². The SMILES string of the molecule is Cc1[nH]c(=O)sc1C(=O)OCCc1c(Cl)cccc1Cl. The summed E-state index contributed by atoms with van der Waals surface area (Å²) in [5.74, 6) is -0.519. The number of esters is 1. The standard InChI is InChI=1S/C13H11Cl2NO3S/c1-7-11(20-13(18)16-7)12(17)19-6-5-8-9(14)3-2-4-10(8)15/h2-4H,5-6H2,1H3,(H,16,18). The molecule has 7 heteroatoms. The molecule has 0 unspecified atom stereocenters. The monoisotopic (exact) mass is 331 g/mol. The number of hydrogen-bond acceptors (Lipinski definition) is 4. The molecule has 0 fully saturated rings. The minimum atomic E-state index is -0.519. The Morgan fingerprint density at radius 3 is 2.55 bits per heavy atom. The van der Waals surface area contributed by atoms with Gasteiger partial charge in [0.2, 0.25) is 0 Å². The normalized spacial score (nSPS) is 10.6. The maximum atomic E-state index is 11.8. The van der Waals surface area contributed by atoms with E-state index in [4.69, 9.17) is 27.9 Å². The molecule has 0 amide bonds. The molecule has 2 rings (SSSR count). The maximum Gasteiger partial charge on any atom is 0.350 e. The van der Waals surface area contributed by atoms with Gasteiger partial charge in [0.1, 0.15) is 4.88 Å². The Morgan fingerprint density at radius 2 is 2.00 bits per heavy atom. The number of thiazole rings is 1. The first-order valence-electron chi connectivity index (χ1n) is 5.78. The number of carbonyl (C=O) groups excluding carboxylic acids is 1. The molecule has 1 aromatic carbocycles. The lowest BCUT2D eigenvalue weighted by molar-refractivity contribution is 0.0514. The molecule has 4 nitrogen and oxygen atoms in total. The van der Waals surface area contributed by atoms with Crippen LogP contribution >= 0.6 is 34.5 Å². The summed E-state index contributed by atoms with van der Waals surface area (Å²) in [5, 5.41) is 1.08. The van der Waals surface area contributed by atoms with Gasteiger partial charge in [0.25, 0.3) is 0 Å². The first-order chi connectivity index (χ1) is 9.49. The molecule has 1 N–H and O–H groups in total. The van der Waals surface area contributed by atoms with Crippen LogP contribution in [-0.2, 0) is 11.2 Å². The number of benzene rings is 1. The van der Waals surface area contributed by atoms with Gasteiger partial charge in [0.15, 0.2) is 0 Å². The third-order valence-electron chi connectivity index (χ3n) is 2.66. The molecule has 0 atom stereocenters. The lowest BCUT2D eigenvalue weighted by Gasteiger charge is -2.07. The first-order valence-corrected chi connectivity index (χ1v) is 7.36. The van der Waals surface area contributed by atoms with Crippen LogP contribution < -0.4 is 4.87 Å². The fourth-order valence-corrected chi connectivity index (χ4v) is 3.00. The summed E-state index contributed by atoms with van der Waals surface area (Å²) in [5.41, 5.74) is 1.25. The summed E-state index contributed by atoms with van der Waals surface area (Å²) in [6.45, 7) is 1.80. The molecule has 106 valence electrons. The Balaban J connectivity index is 1.98. The van der Waals surface area contributed by atoms with Crippen LogP contribution in [0, 0.1) is 6.92 Å². The fraction of sp³-hybridized carbons (Fsp3) is 0.231. The van der Waals surface area contributed by atoms with Crippen molar-refractivity contribution in [1.29, 1.82) is 0 Å². The minimum absolute atomic E-state index is 0.147. The van der Waals surface area contributed by atoms with E-state index in [9.17, 15) is 9.59 Å². The summed E-state index contributed by atoms with van der Waals surface area (Å²) in [6.07, 6.45) is 0.419. The maximum absolute atomic E-state index is 11.8. The number of ether oxygens (including phenoxy) is 1. The van der Waals surface area contributed by atoms with E-state index < -0.39 is 5.97 Å². The number of carbonyl (C=O) groups is 1. The highest BCUT2D eigenvalue weighted by Crippen LogP contribution is 2.24. The third-order valence-corrected chi connectivity index (χ3v) is 4.33. The lowest BCUT2D eigenvalue weighted by atomic mass is 10.1. The van der Waals surface area contributed by atoms with Crippen LogP contribution in [0.5, 0.6) is 0 Å². The number of halogens is 2. The largest absolute Gasteiger partial charge is 0.461 e. The molecule has 20 heavy (non-hydrogen) atoms. The van der Waals surface area contributed by atoms with E-state index in [-0.39, 0.29) is 11.5 Å². The molecule has 0 saturated heterocycles. The Hall–Kier alpha value is -1.30. The quantitative estimate of drug-likeness (QED) is 0.873. The Kier molecular flexibility index (Phi) is 4.86. The van der Waals surface area contributed by atoms with E-state index in [1.807, 2.05) is 0 Å². The van der Waals surface area contributed by atoms with Gasteiger partial charge < -0.3 is 9.72 Å². The molecular formula is C13H11Cl2NO3S. The van der Waals surface area contributed by atoms with Crippen molar-refractivity contribution in [2.45, 2.75) is 13.3 Å². The van der Waals surface area contributed by atoms with Crippen LogP contribution in [0.15, 0.2) is 23.0 Å². The van der Waals surface area contributed by atoms with Crippen molar-refractivity contribution in [3.63, 3.8) is 0 Å². The van der Waals surface area contributed by atoms with E-state index in [1.165, 1.54) is 0 Å². The molecular weight excluding hydrogens is 321 g/mol. The van der Waals surface area contributed by atoms with Gasteiger partial charge in [0, 0.05) is 22.2 Å². The van der Waals surface area contributed by atoms with Gasteiger partial charge in [-0.05, 0) is 24.6 Å². The molecule has 2 aromatic rings. The highest BCUT2D eigenvalue weighted by Gasteiger charge is 2.15. The van der Waals surface area contributed by atoms with Crippen molar-refractivity contribution in [3.05, 3.63) is 54.0 Å². The van der Waals surface area contributed by atoms with Gasteiger partial charge in [-0.2, -0.15) is 0 Å². The molecule has 0 bridgehead atoms. The summed E-state index contributed by atoms with van der Waals surface area (Å²) in [4.78, 5) is 25.5. The molecule has 0 radical (unpaired) electrons. The summed E-state index contributed by atoms with van der Waals surface area (Å²) in [7, 11) is 0. The Labute approximate surface area is 129 Å². The smallest absolute Gasteiger partial charge is 0.350 e. The number of rotatable bonds is 4. The van der Waals surface area contributed by atoms with Crippen molar-refractivity contribution in [2.75, 3.05) is 6.61 Å². The zero-order valence-electron chi connectivity index (χ0n) is 10.5. The zero-order chi connectivity index (χ0) is 14.7. The fourth-order valence-electron chi connectivity index (χ4n) is 1.68. The van der Waals surface area contributed by atoms with Gasteiger partial charge in [-0.15, -0.1) is 0 Å². The van der Waals surface area contributed by atoms with Crippen molar-refractivity contribution in [2.24, 2.45) is 0 Å². The summed E-state index contributed by atoms with van der Waals surface area (Å²) < 4.78 is 5.13. The Bertz CT molecular complexity index is 673. The molecule has 0 spiro atoms. The number of aromatic amines is 1. The highest BCUT2D eigenvalue weighted by atomic mass is 35.5. The first kappa shape index (κ1) is 15.1. The van der Waals surface area contributed by atoms with E-state index in [2.05, 4.69) is 4.98 Å². The van der Waals surface area contributed by atoms with Crippen LogP contribution in [-0.4, -0.2) is 17.6 Å². The minimum Gasteiger partial charge on any atom is -0.461 e. The van der Waals surface area contributed by atoms with Gasteiger partial charge in [0.05, 0.1) is 6.61 Å². The molecule has 1 aromatic heterocycles. The second-order valence-corrected chi connectivity index (χ2v) is 5.85.